The Bertz CT molecular complexity index is 284. The second-order valence-corrected chi connectivity index (χ2v) is 6.14. The van der Waals surface area contributed by atoms with Crippen LogP contribution < -0.4 is 51.4 Å². The zero-order valence-corrected chi connectivity index (χ0v) is 18.7. The van der Waals surface area contributed by atoms with Gasteiger partial charge in [0.1, 0.15) is 0 Å². The van der Waals surface area contributed by atoms with Gasteiger partial charge >= 0.3 is 51.4 Å². The van der Waals surface area contributed by atoms with Crippen LogP contribution in [0.25, 0.3) is 0 Å². The predicted octanol–water partition coefficient (Wildman–Crippen LogP) is 3.17. The molecule has 0 saturated heterocycles. The fourth-order valence-electron chi connectivity index (χ4n) is 3.67. The maximum Gasteiger partial charge on any atom is 1.00 e. The van der Waals surface area contributed by atoms with Crippen LogP contribution in [0.1, 0.15) is 94.5 Å². The van der Waals surface area contributed by atoms with Crippen molar-refractivity contribution in [3.63, 3.8) is 0 Å². The van der Waals surface area contributed by atoms with E-state index in [-0.39, 0.29) is 51.4 Å². The molecule has 0 aromatic heterocycles. The van der Waals surface area contributed by atoms with E-state index in [1.807, 2.05) is 0 Å². The van der Waals surface area contributed by atoms with E-state index in [2.05, 4.69) is 34.6 Å². The Balaban J connectivity index is 0.00000400. The van der Waals surface area contributed by atoms with Gasteiger partial charge in [-0.3, -0.25) is 0 Å². The Morgan fingerprint density at radius 1 is 0.571 bits per heavy atom. The summed E-state index contributed by atoms with van der Waals surface area (Å²) in [6, 6.07) is 0. The Kier molecular flexibility index (Phi) is 13.0. The van der Waals surface area contributed by atoms with Gasteiger partial charge in [0.2, 0.25) is 0 Å². The van der Waals surface area contributed by atoms with Gasteiger partial charge in [0.25, 0.3) is 0 Å². The van der Waals surface area contributed by atoms with Crippen LogP contribution in [-0.2, 0) is 32.1 Å². The molecule has 21 heavy (non-hydrogen) atoms. The van der Waals surface area contributed by atoms with Crippen LogP contribution in [0.5, 0.6) is 0 Å². The van der Waals surface area contributed by atoms with Gasteiger partial charge in [-0.05, 0) is 0 Å². The van der Waals surface area contributed by atoms with E-state index in [1.165, 1.54) is 64.2 Å². The van der Waals surface area contributed by atoms with Crippen molar-refractivity contribution in [3.8, 4) is 0 Å². The van der Waals surface area contributed by atoms with Crippen molar-refractivity contribution in [1.29, 1.82) is 0 Å². The van der Waals surface area contributed by atoms with Crippen LogP contribution in [0.2, 0.25) is 0 Å². The molecule has 0 heterocycles. The molecule has 0 unspecified atom stereocenters. The van der Waals surface area contributed by atoms with Gasteiger partial charge in [0.05, 0.1) is 0 Å². The minimum Gasteiger partial charge on any atom is -0.192 e. The summed E-state index contributed by atoms with van der Waals surface area (Å²) in [6.07, 6.45) is 12.9. The van der Waals surface area contributed by atoms with Crippen LogP contribution in [0.15, 0.2) is 0 Å². The Morgan fingerprint density at radius 2 is 0.952 bits per heavy atom. The minimum absolute atomic E-state index is 0. The van der Waals surface area contributed by atoms with E-state index in [9.17, 15) is 0 Å². The van der Waals surface area contributed by atoms with Gasteiger partial charge in [0, 0.05) is 0 Å². The average molecular weight is 315 g/mol. The smallest absolute Gasteiger partial charge is 0.192 e. The molecule has 1 heteroatoms. The second kappa shape index (κ2) is 12.4. The molecule has 0 aliphatic rings. The first-order valence-electron chi connectivity index (χ1n) is 9.05. The molecule has 0 amide bonds. The van der Waals surface area contributed by atoms with Crippen molar-refractivity contribution in [1.82, 2.24) is 0 Å². The SMILES string of the molecule is CCCc1c(CCC)c(CCC)[c-](CCC)c1CCC.[K+]. The summed E-state index contributed by atoms with van der Waals surface area (Å²) in [7, 11) is 0. The third-order valence-corrected chi connectivity index (χ3v) is 4.32. The maximum atomic E-state index is 2.33. The van der Waals surface area contributed by atoms with E-state index in [0.717, 1.165) is 0 Å². The summed E-state index contributed by atoms with van der Waals surface area (Å²) in [6.45, 7) is 11.7. The maximum absolute atomic E-state index is 2.33. The number of hydrogen-bond donors (Lipinski definition) is 0. The molecule has 0 aliphatic carbocycles. The van der Waals surface area contributed by atoms with Crippen molar-refractivity contribution >= 4 is 0 Å². The molecule has 0 spiro atoms. The van der Waals surface area contributed by atoms with Gasteiger partial charge in [-0.25, -0.2) is 0 Å². The van der Waals surface area contributed by atoms with E-state index >= 15 is 0 Å². The largest absolute Gasteiger partial charge is 1.00 e. The van der Waals surface area contributed by atoms with Gasteiger partial charge in [0.15, 0.2) is 0 Å². The molecule has 0 aliphatic heterocycles. The summed E-state index contributed by atoms with van der Waals surface area (Å²) >= 11 is 0. The predicted molar refractivity (Wildman–Crippen MR) is 92.0 cm³/mol. The third kappa shape index (κ3) is 5.84. The average Bonchev–Trinajstić information content (AvgIpc) is 2.68. The molecule has 0 radical (unpaired) electrons. The van der Waals surface area contributed by atoms with Gasteiger partial charge < -0.3 is 0 Å². The van der Waals surface area contributed by atoms with Crippen molar-refractivity contribution in [2.45, 2.75) is 98.8 Å². The number of rotatable bonds is 10. The summed E-state index contributed by atoms with van der Waals surface area (Å²) in [5, 5.41) is 0. The summed E-state index contributed by atoms with van der Waals surface area (Å²) < 4.78 is 0. The third-order valence-electron chi connectivity index (χ3n) is 4.32. The molecule has 0 atom stereocenters. The fraction of sp³-hybridized carbons (Fsp3) is 0.750. The number of hydrogen-bond acceptors (Lipinski definition) is 0. The monoisotopic (exact) mass is 314 g/mol. The summed E-state index contributed by atoms with van der Waals surface area (Å²) in [5.41, 5.74) is 8.76. The Hall–Kier alpha value is 0.986. The van der Waals surface area contributed by atoms with Crippen LogP contribution in [0.3, 0.4) is 0 Å². The molecule has 0 nitrogen and oxygen atoms in total. The van der Waals surface area contributed by atoms with Gasteiger partial charge in [-0.2, -0.15) is 27.8 Å². The van der Waals surface area contributed by atoms with Gasteiger partial charge in [-0.1, -0.05) is 98.8 Å². The Labute approximate surface area is 176 Å². The zero-order chi connectivity index (χ0) is 15.0. The van der Waals surface area contributed by atoms with Crippen molar-refractivity contribution in [2.24, 2.45) is 0 Å². The van der Waals surface area contributed by atoms with Crippen LogP contribution in [-0.4, -0.2) is 0 Å². The molecule has 116 valence electrons. The molecule has 1 aromatic rings. The molecular formula is C20H35K. The van der Waals surface area contributed by atoms with Crippen LogP contribution in [0, 0.1) is 0 Å². The Morgan fingerprint density at radius 3 is 1.24 bits per heavy atom. The first kappa shape index (κ1) is 22.0. The first-order valence-corrected chi connectivity index (χ1v) is 9.05. The normalized spacial score (nSPS) is 10.7. The summed E-state index contributed by atoms with van der Waals surface area (Å²) in [4.78, 5) is 0. The van der Waals surface area contributed by atoms with E-state index in [1.54, 1.807) is 27.8 Å². The van der Waals surface area contributed by atoms with Crippen LogP contribution in [0.4, 0.5) is 0 Å². The molecule has 1 rings (SSSR count). The quantitative estimate of drug-likeness (QED) is 0.460. The second-order valence-electron chi connectivity index (χ2n) is 6.14. The van der Waals surface area contributed by atoms with Crippen molar-refractivity contribution in [3.05, 3.63) is 27.8 Å². The topological polar surface area (TPSA) is 0 Å². The minimum atomic E-state index is 0. The molecule has 0 N–H and O–H groups in total. The van der Waals surface area contributed by atoms with Gasteiger partial charge in [-0.15, -0.1) is 0 Å². The van der Waals surface area contributed by atoms with E-state index in [4.69, 9.17) is 0 Å². The van der Waals surface area contributed by atoms with Crippen molar-refractivity contribution < 1.29 is 51.4 Å². The molecule has 0 fully saturated rings. The standard InChI is InChI=1S/C20H35.K/c1-6-11-16-17(12-7-2)19(14-9-4)20(15-10-5)18(16)13-8-3;/h6-15H2,1-5H3;/q-1;+1. The molecular weight excluding hydrogens is 279 g/mol. The fourth-order valence-corrected chi connectivity index (χ4v) is 3.67. The molecule has 1 aromatic carbocycles. The zero-order valence-electron chi connectivity index (χ0n) is 15.6. The summed E-state index contributed by atoms with van der Waals surface area (Å²) in [5.74, 6) is 0. The van der Waals surface area contributed by atoms with E-state index in [0.29, 0.717) is 0 Å². The van der Waals surface area contributed by atoms with E-state index < -0.39 is 0 Å². The first-order chi connectivity index (χ1) is 9.74. The van der Waals surface area contributed by atoms with Crippen LogP contribution >= 0.6 is 0 Å². The molecule has 0 saturated carbocycles. The van der Waals surface area contributed by atoms with Crippen molar-refractivity contribution in [2.75, 3.05) is 0 Å². The molecule has 0 bridgehead atoms.